The Balaban J connectivity index is 1.66. The van der Waals surface area contributed by atoms with Crippen LogP contribution < -0.4 is 5.32 Å². The molecule has 0 spiro atoms. The second-order valence-electron chi connectivity index (χ2n) is 8.82. The lowest BCUT2D eigenvalue weighted by Crippen LogP contribution is -2.40. The van der Waals surface area contributed by atoms with Gasteiger partial charge in [-0.25, -0.2) is 9.79 Å². The van der Waals surface area contributed by atoms with E-state index in [1.165, 1.54) is 38.1 Å². The molecule has 1 aromatic rings. The summed E-state index contributed by atoms with van der Waals surface area (Å²) in [6.45, 7) is 5.96. The van der Waals surface area contributed by atoms with E-state index in [4.69, 9.17) is 9.73 Å². The first-order chi connectivity index (χ1) is 15.4. The van der Waals surface area contributed by atoms with E-state index in [9.17, 15) is 9.59 Å². The average molecular weight is 454 g/mol. The Bertz CT molecular complexity index is 1020. The van der Waals surface area contributed by atoms with Gasteiger partial charge in [-0.1, -0.05) is 54.8 Å². The molecule has 2 aliphatic heterocycles. The van der Waals surface area contributed by atoms with Crippen LogP contribution in [0.2, 0.25) is 0 Å². The number of aryl methyl sites for hydroxylation is 2. The molecule has 1 amide bonds. The monoisotopic (exact) mass is 453 g/mol. The summed E-state index contributed by atoms with van der Waals surface area (Å²) in [7, 11) is 1.40. The Hall–Kier alpha value is -2.54. The van der Waals surface area contributed by atoms with Crippen LogP contribution in [0.5, 0.6) is 0 Å². The molecule has 1 N–H and O–H groups in total. The maximum Gasteiger partial charge on any atom is 0.338 e. The predicted octanol–water partition coefficient (Wildman–Crippen LogP) is 4.89. The standard InChI is InChI=1S/C25H31N3O3S/c1-15-10-11-20(16(2)12-15)23-22(24(30)31-4)17(3)26-25-28(23)19(14-32-25)13-21(29)27-18-8-6-5-7-9-18/h10-12,14,18,23H,5-9,13H2,1-4H3,(H,27,29). The lowest BCUT2D eigenvalue weighted by Gasteiger charge is -2.37. The number of carbonyl (C=O) groups is 2. The number of allylic oxidation sites excluding steroid dienone is 1. The number of hydrogen-bond donors (Lipinski definition) is 1. The smallest absolute Gasteiger partial charge is 0.338 e. The van der Waals surface area contributed by atoms with Crippen LogP contribution in [0, 0.1) is 13.8 Å². The zero-order valence-corrected chi connectivity index (χ0v) is 20.1. The second kappa shape index (κ2) is 9.53. The van der Waals surface area contributed by atoms with Crippen LogP contribution in [0.1, 0.15) is 68.2 Å². The van der Waals surface area contributed by atoms with E-state index in [1.54, 1.807) is 0 Å². The Morgan fingerprint density at radius 3 is 2.62 bits per heavy atom. The van der Waals surface area contributed by atoms with Crippen molar-refractivity contribution < 1.29 is 14.3 Å². The van der Waals surface area contributed by atoms with E-state index in [0.717, 1.165) is 40.4 Å². The van der Waals surface area contributed by atoms with Crippen LogP contribution in [0.4, 0.5) is 0 Å². The van der Waals surface area contributed by atoms with E-state index in [2.05, 4.69) is 37.4 Å². The second-order valence-corrected chi connectivity index (χ2v) is 9.66. The van der Waals surface area contributed by atoms with Crippen molar-refractivity contribution in [2.75, 3.05) is 7.11 Å². The van der Waals surface area contributed by atoms with Crippen molar-refractivity contribution in [1.82, 2.24) is 10.2 Å². The fourth-order valence-corrected chi connectivity index (χ4v) is 5.82. The Labute approximate surface area is 194 Å². The highest BCUT2D eigenvalue weighted by atomic mass is 32.2. The summed E-state index contributed by atoms with van der Waals surface area (Å²) < 4.78 is 5.14. The van der Waals surface area contributed by atoms with E-state index < -0.39 is 5.97 Å². The molecule has 4 rings (SSSR count). The first kappa shape index (κ1) is 22.6. The van der Waals surface area contributed by atoms with E-state index >= 15 is 0 Å². The largest absolute Gasteiger partial charge is 0.466 e. The molecule has 1 aliphatic carbocycles. The van der Waals surface area contributed by atoms with Gasteiger partial charge in [0, 0.05) is 11.7 Å². The summed E-state index contributed by atoms with van der Waals surface area (Å²) in [6.07, 6.45) is 5.96. The number of nitrogens with zero attached hydrogens (tertiary/aromatic N) is 2. The summed E-state index contributed by atoms with van der Waals surface area (Å²) in [5.74, 6) is -0.367. The molecule has 1 fully saturated rings. The van der Waals surface area contributed by atoms with Crippen molar-refractivity contribution in [1.29, 1.82) is 0 Å². The maximum atomic E-state index is 12.9. The number of thioether (sulfide) groups is 1. The van der Waals surface area contributed by atoms with Crippen molar-refractivity contribution in [3.8, 4) is 0 Å². The van der Waals surface area contributed by atoms with Crippen molar-refractivity contribution >= 4 is 28.8 Å². The molecule has 1 unspecified atom stereocenters. The number of hydrogen-bond acceptors (Lipinski definition) is 6. The Kier molecular flexibility index (Phi) is 6.74. The molecule has 1 saturated carbocycles. The van der Waals surface area contributed by atoms with Gasteiger partial charge in [-0.15, -0.1) is 0 Å². The molecule has 2 heterocycles. The van der Waals surface area contributed by atoms with Crippen LogP contribution in [-0.2, 0) is 14.3 Å². The minimum atomic E-state index is -0.391. The number of amidine groups is 1. The number of nitrogens with one attached hydrogen (secondary N) is 1. The number of fused-ring (bicyclic) bond motifs is 1. The molecule has 0 radical (unpaired) electrons. The van der Waals surface area contributed by atoms with Gasteiger partial charge in [-0.05, 0) is 50.1 Å². The lowest BCUT2D eigenvalue weighted by molar-refractivity contribution is -0.136. The van der Waals surface area contributed by atoms with Gasteiger partial charge < -0.3 is 15.0 Å². The number of carbonyl (C=O) groups excluding carboxylic acids is 2. The number of esters is 1. The summed E-state index contributed by atoms with van der Waals surface area (Å²) in [5.41, 5.74) is 5.30. The van der Waals surface area contributed by atoms with E-state index in [-0.39, 0.29) is 24.4 Å². The van der Waals surface area contributed by atoms with Gasteiger partial charge in [0.05, 0.1) is 30.8 Å². The third-order valence-corrected chi connectivity index (χ3v) is 7.33. The van der Waals surface area contributed by atoms with Gasteiger partial charge in [0.15, 0.2) is 5.17 Å². The molecule has 0 saturated heterocycles. The molecule has 1 aromatic carbocycles. The van der Waals surface area contributed by atoms with Gasteiger partial charge in [0.2, 0.25) is 5.91 Å². The number of aliphatic imine (C=N–C) groups is 1. The summed E-state index contributed by atoms with van der Waals surface area (Å²) in [5, 5.41) is 5.99. The lowest BCUT2D eigenvalue weighted by atomic mass is 9.90. The van der Waals surface area contributed by atoms with Gasteiger partial charge in [0.25, 0.3) is 0 Å². The van der Waals surface area contributed by atoms with Crippen molar-refractivity contribution in [3.05, 3.63) is 57.3 Å². The number of benzene rings is 1. The normalized spacial score (nSPS) is 21.1. The topological polar surface area (TPSA) is 71.0 Å². The first-order valence-electron chi connectivity index (χ1n) is 11.3. The number of amides is 1. The highest BCUT2D eigenvalue weighted by Crippen LogP contribution is 2.45. The molecule has 170 valence electrons. The fourth-order valence-electron chi connectivity index (χ4n) is 4.86. The quantitative estimate of drug-likeness (QED) is 0.643. The van der Waals surface area contributed by atoms with Gasteiger partial charge in [0.1, 0.15) is 0 Å². The van der Waals surface area contributed by atoms with E-state index in [1.807, 2.05) is 17.2 Å². The zero-order chi connectivity index (χ0) is 22.8. The zero-order valence-electron chi connectivity index (χ0n) is 19.2. The van der Waals surface area contributed by atoms with Gasteiger partial charge in [-0.2, -0.15) is 0 Å². The molecule has 6 nitrogen and oxygen atoms in total. The summed E-state index contributed by atoms with van der Waals surface area (Å²) in [6, 6.07) is 6.13. The van der Waals surface area contributed by atoms with Crippen LogP contribution >= 0.6 is 11.8 Å². The third kappa shape index (κ3) is 4.49. The number of rotatable bonds is 5. The number of methoxy groups -OCH3 is 1. The third-order valence-electron chi connectivity index (χ3n) is 6.44. The van der Waals surface area contributed by atoms with Crippen LogP contribution in [0.3, 0.4) is 0 Å². The van der Waals surface area contributed by atoms with Crippen LogP contribution in [-0.4, -0.2) is 35.1 Å². The Morgan fingerprint density at radius 1 is 1.19 bits per heavy atom. The van der Waals surface area contributed by atoms with Crippen molar-refractivity contribution in [3.63, 3.8) is 0 Å². The average Bonchev–Trinajstić information content (AvgIpc) is 3.15. The van der Waals surface area contributed by atoms with Gasteiger partial charge in [-0.3, -0.25) is 4.79 Å². The molecule has 1 atom stereocenters. The van der Waals surface area contributed by atoms with Crippen molar-refractivity contribution in [2.45, 2.75) is 71.4 Å². The SMILES string of the molecule is COC(=O)C1=C(C)N=C2SC=C(CC(=O)NC3CCCCC3)N2C1c1ccc(C)cc1C. The minimum Gasteiger partial charge on any atom is -0.466 e. The highest BCUT2D eigenvalue weighted by Gasteiger charge is 2.41. The maximum absolute atomic E-state index is 12.9. The summed E-state index contributed by atoms with van der Waals surface area (Å²) >= 11 is 1.50. The molecular formula is C25H31N3O3S. The fraction of sp³-hybridized carbons (Fsp3) is 0.480. The first-order valence-corrected chi connectivity index (χ1v) is 12.2. The van der Waals surface area contributed by atoms with Gasteiger partial charge >= 0.3 is 5.97 Å². The minimum absolute atomic E-state index is 0.0234. The highest BCUT2D eigenvalue weighted by molar-refractivity contribution is 8.16. The molecule has 0 aromatic heterocycles. The van der Waals surface area contributed by atoms with Crippen LogP contribution in [0.25, 0.3) is 0 Å². The van der Waals surface area contributed by atoms with E-state index in [0.29, 0.717) is 11.3 Å². The molecular weight excluding hydrogens is 422 g/mol. The number of ether oxygens (including phenoxy) is 1. The summed E-state index contributed by atoms with van der Waals surface area (Å²) in [4.78, 5) is 32.5. The van der Waals surface area contributed by atoms with Crippen LogP contribution in [0.15, 0.2) is 45.6 Å². The molecule has 0 bridgehead atoms. The molecule has 3 aliphatic rings. The molecule has 7 heteroatoms. The molecule has 32 heavy (non-hydrogen) atoms. The van der Waals surface area contributed by atoms with Crippen molar-refractivity contribution in [2.24, 2.45) is 4.99 Å². The predicted molar refractivity (Wildman–Crippen MR) is 128 cm³/mol. The Morgan fingerprint density at radius 2 is 1.94 bits per heavy atom.